The molecule has 4 unspecified atom stereocenters. The summed E-state index contributed by atoms with van der Waals surface area (Å²) in [5.41, 5.74) is 8.42. The summed E-state index contributed by atoms with van der Waals surface area (Å²) in [5.74, 6) is -13.7. The van der Waals surface area contributed by atoms with Crippen LogP contribution in [0, 0.1) is 29.6 Å². The van der Waals surface area contributed by atoms with Crippen molar-refractivity contribution in [1.82, 2.24) is 53.2 Å². The Morgan fingerprint density at radius 2 is 1.20 bits per heavy atom. The van der Waals surface area contributed by atoms with Crippen LogP contribution in [0.4, 0.5) is 4.79 Å². The van der Waals surface area contributed by atoms with Crippen molar-refractivity contribution in [2.24, 2.45) is 41.1 Å². The Morgan fingerprint density at radius 1 is 0.621 bits per heavy atom. The fourth-order valence-corrected chi connectivity index (χ4v) is 20.4. The molecule has 40 heteroatoms. The fourth-order valence-electron chi connectivity index (χ4n) is 20.0. The van der Waals surface area contributed by atoms with Crippen molar-refractivity contribution in [3.8, 4) is 57.1 Å². The van der Waals surface area contributed by atoms with Gasteiger partial charge in [-0.25, -0.2) is 4.79 Å². The number of nitrogens with two attached hydrogens (primary N) is 2. The number of aromatic hydroxyl groups is 3. The van der Waals surface area contributed by atoms with Crippen molar-refractivity contribution in [2.75, 3.05) is 20.2 Å². The van der Waals surface area contributed by atoms with Crippen LogP contribution in [0.15, 0.2) is 78.9 Å². The number of likely N-dealkylation sites (N-methyl/N-ethyl adjacent to an activating group) is 1. The zero-order chi connectivity index (χ0) is 95.0. The van der Waals surface area contributed by atoms with Gasteiger partial charge in [0.2, 0.25) is 59.3 Å². The standard InChI is InChI=1S/C92H120Cl2N12O26/c1-9-10-11-12-13-14-21-98-90(124)100-64(111)35-56-83(118)102-70-49-31-61(127-59-19-16-45(29-53(59)93)74(112)72(87(122)99-56)105-82(117)55(97-8)22-39(2)3)78(132-89-79(76(114)75(113)63(38-107)129-89)131-66-37-92(7,96)81(116)41(5)126-66)62(32-49)128-60-20-17-46(30-54(60)94)77(130-65-36-91(6,95)80(115)40(4)125-65)73-88(123)104-71(86(121)101-68-47-24-42-23-43(26-47)27-48(68)25-42)52-33-50(108)34-58(110)67(52)51-28-44(15-18-57(51)109)69(84(119)106-73)103-85(70)120/h15-20,28-34,39-43,47-48,55-56,63,65-66,68-77,79-81,89,97,107-110,112-116H,9-14,21-27,35-38,95-96H2,1-8H3,(H,99,122)(H,101,121)(H,102,118)(H,103,120)(H,104,123)(H,105,117)(H,106,119)(H2,98,100,111,124)/t40-,41-,42?,43?,47?,48?,55+,56?,63+,65-,66?,68?,69+,70?,71+,72?,73-,74+,75+,76-,77+,79+,80-,81-,89+,91-,92-/m0/s1. The van der Waals surface area contributed by atoms with E-state index in [9.17, 15) is 60.3 Å². The summed E-state index contributed by atoms with van der Waals surface area (Å²) in [7, 11) is 1.48. The van der Waals surface area contributed by atoms with Crippen molar-refractivity contribution >= 4 is 76.5 Å². The summed E-state index contributed by atoms with van der Waals surface area (Å²) in [4.78, 5) is 141. The van der Waals surface area contributed by atoms with Gasteiger partial charge in [-0.15, -0.1) is 0 Å². The number of amides is 10. The van der Waals surface area contributed by atoms with Gasteiger partial charge in [0.1, 0.15) is 95.5 Å². The van der Waals surface area contributed by atoms with Crippen LogP contribution in [-0.2, 0) is 62.0 Å². The number of unbranched alkanes of at least 4 members (excludes halogenated alkanes) is 5. The Balaban J connectivity index is 0.991. The number of urea groups is 1. The van der Waals surface area contributed by atoms with Gasteiger partial charge in [0.25, 0.3) is 0 Å². The number of aliphatic hydroxyl groups is 6. The zero-order valence-corrected chi connectivity index (χ0v) is 75.9. The van der Waals surface area contributed by atoms with Crippen LogP contribution in [0.1, 0.15) is 203 Å². The second-order valence-electron chi connectivity index (χ2n) is 37.5. The van der Waals surface area contributed by atoms with Gasteiger partial charge in [-0.2, -0.15) is 0 Å². The molecule has 15 bridgehead atoms. The second-order valence-corrected chi connectivity index (χ2v) is 38.3. The Morgan fingerprint density at radius 3 is 1.81 bits per heavy atom. The zero-order valence-electron chi connectivity index (χ0n) is 74.4. The third kappa shape index (κ3) is 21.7. The molecule has 8 heterocycles. The first-order chi connectivity index (χ1) is 62.7. The molecular formula is C92H120Cl2N12O26. The monoisotopic (exact) mass is 1880 g/mol. The number of carbonyl (C=O) groups is 9. The molecule has 4 saturated carbocycles. The molecule has 132 heavy (non-hydrogen) atoms. The van der Waals surface area contributed by atoms with E-state index in [1.807, 2.05) is 13.8 Å². The summed E-state index contributed by atoms with van der Waals surface area (Å²) < 4.78 is 52.9. The number of benzene rings is 5. The molecule has 0 radical (unpaired) electrons. The van der Waals surface area contributed by atoms with Gasteiger partial charge in [-0.05, 0) is 192 Å². The molecule has 5 aromatic rings. The van der Waals surface area contributed by atoms with Crippen molar-refractivity contribution < 1.29 is 127 Å². The molecule has 4 aliphatic carbocycles. The molecule has 22 atom stereocenters. The molecule has 10 amide bonds. The summed E-state index contributed by atoms with van der Waals surface area (Å²) in [5, 5.41) is 133. The van der Waals surface area contributed by atoms with E-state index in [-0.39, 0.29) is 93.5 Å². The third-order valence-electron chi connectivity index (χ3n) is 26.7. The first-order valence-corrected chi connectivity index (χ1v) is 45.9. The molecule has 8 aliphatic heterocycles. The quantitative estimate of drug-likeness (QED) is 0.0387. The Kier molecular flexibility index (Phi) is 30.6. The normalized spacial score (nSPS) is 32.9. The number of hydrogen-bond donors (Lipinski definition) is 21. The highest BCUT2D eigenvalue weighted by molar-refractivity contribution is 6.32. The van der Waals surface area contributed by atoms with Gasteiger partial charge in [-0.3, -0.25) is 43.7 Å². The predicted octanol–water partition coefficient (Wildman–Crippen LogP) is 4.90. The van der Waals surface area contributed by atoms with Gasteiger partial charge < -0.3 is 143 Å². The maximum atomic E-state index is 17.0. The van der Waals surface area contributed by atoms with Crippen LogP contribution in [0.3, 0.4) is 0 Å². The molecule has 7 fully saturated rings. The van der Waals surface area contributed by atoms with Crippen LogP contribution < -0.4 is 78.8 Å². The number of hydrogen-bond acceptors (Lipinski definition) is 29. The van der Waals surface area contributed by atoms with Crippen molar-refractivity contribution in [2.45, 2.75) is 284 Å². The Bertz CT molecular complexity index is 5100. The van der Waals surface area contributed by atoms with E-state index in [1.54, 1.807) is 0 Å². The van der Waals surface area contributed by atoms with E-state index in [0.717, 1.165) is 107 Å². The minimum absolute atomic E-state index is 0.0291. The molecule has 718 valence electrons. The minimum atomic E-state index is -2.43. The maximum absolute atomic E-state index is 17.0. The molecular weight excluding hydrogens is 1760 g/mol. The van der Waals surface area contributed by atoms with Crippen LogP contribution in [-0.4, -0.2) is 228 Å². The summed E-state index contributed by atoms with van der Waals surface area (Å²) >= 11 is 14.9. The molecule has 17 rings (SSSR count). The average Bonchev–Trinajstić information content (AvgIpc) is 0.749. The summed E-state index contributed by atoms with van der Waals surface area (Å²) in [6.07, 6.45) is -13.6. The number of phenols is 3. The lowest BCUT2D eigenvalue weighted by molar-refractivity contribution is -0.333. The van der Waals surface area contributed by atoms with Crippen LogP contribution in [0.5, 0.6) is 46.0 Å². The van der Waals surface area contributed by atoms with Crippen molar-refractivity contribution in [3.05, 3.63) is 117 Å². The van der Waals surface area contributed by atoms with Gasteiger partial charge >= 0.3 is 6.03 Å². The maximum Gasteiger partial charge on any atom is 0.321 e. The molecule has 12 aliphatic rings. The van der Waals surface area contributed by atoms with E-state index in [1.165, 1.54) is 71.1 Å². The third-order valence-corrected chi connectivity index (χ3v) is 27.3. The van der Waals surface area contributed by atoms with E-state index >= 15 is 28.8 Å². The number of imide groups is 1. The first-order valence-electron chi connectivity index (χ1n) is 45.1. The Labute approximate surface area is 772 Å². The average molecular weight is 1880 g/mol. The lowest BCUT2D eigenvalue weighted by Crippen LogP contribution is -2.64. The lowest BCUT2D eigenvalue weighted by atomic mass is 9.54. The number of halogens is 2. The van der Waals surface area contributed by atoms with E-state index in [0.29, 0.717) is 18.3 Å². The van der Waals surface area contributed by atoms with Gasteiger partial charge in [0.05, 0.1) is 53.5 Å². The van der Waals surface area contributed by atoms with Crippen LogP contribution in [0.25, 0.3) is 11.1 Å². The number of fused-ring (bicyclic) bond motifs is 15. The largest absolute Gasteiger partial charge is 0.508 e. The number of ether oxygens (including phenoxy) is 8. The highest BCUT2D eigenvalue weighted by Crippen LogP contribution is 2.55. The number of phenolic OH excluding ortho intramolecular Hbond substituents is 3. The van der Waals surface area contributed by atoms with Crippen LogP contribution >= 0.6 is 23.2 Å². The smallest absolute Gasteiger partial charge is 0.321 e. The highest BCUT2D eigenvalue weighted by Gasteiger charge is 2.54. The molecule has 3 saturated heterocycles. The molecule has 23 N–H and O–H groups in total. The lowest BCUT2D eigenvalue weighted by Gasteiger charge is -2.54. The Hall–Kier alpha value is -9.85. The molecule has 0 aromatic heterocycles. The topological polar surface area (TPSA) is 582 Å². The number of carbonyl (C=O) groups excluding carboxylic acids is 9. The van der Waals surface area contributed by atoms with Gasteiger partial charge in [0.15, 0.2) is 30.2 Å². The van der Waals surface area contributed by atoms with E-state index in [2.05, 4.69) is 60.1 Å². The predicted molar refractivity (Wildman–Crippen MR) is 473 cm³/mol. The number of nitrogens with one attached hydrogen (secondary N) is 10. The van der Waals surface area contributed by atoms with Gasteiger partial charge in [0, 0.05) is 53.7 Å². The number of rotatable bonds is 23. The molecule has 5 aromatic carbocycles. The molecule has 0 spiro atoms. The first kappa shape index (κ1) is 98.2. The van der Waals surface area contributed by atoms with E-state index < -0.39 is 251 Å². The number of aliphatic hydroxyl groups excluding tert-OH is 6. The highest BCUT2D eigenvalue weighted by atomic mass is 35.5. The van der Waals surface area contributed by atoms with Crippen molar-refractivity contribution in [1.29, 1.82) is 0 Å². The summed E-state index contributed by atoms with van der Waals surface area (Å²) in [6, 6.07) is -0.727. The van der Waals surface area contributed by atoms with Crippen LogP contribution in [0.2, 0.25) is 10.0 Å². The fraction of sp³-hybridized carbons (Fsp3) is 0.576. The van der Waals surface area contributed by atoms with E-state index in [4.69, 9.17) is 72.6 Å². The summed E-state index contributed by atoms with van der Waals surface area (Å²) in [6.45, 7) is 10.9. The SMILES string of the molecule is CCCCCCCCNC(=O)NC(=O)CC1NC(=O)C(NC(=O)[C@@H](CC(C)C)NC)[C@H](O)c2ccc(c(Cl)c2)Oc2cc3cc(c2O[C@H]2O[C@H](CO)[C@@H](O)[C@H](O)[C@H]2OC2C[C@](C)(N)[C@@H](O)[C@H](C)O2)Oc2ccc(cc2Cl)[C@@H](O[C@H]2C[C@](C)(N)[C@@H](O)[C@H](C)O2)[C@@H]2NC(=O)[C@H](NC(=O)C3NC1=O)c1ccc(O)c(c1)-c1c(O)cc(O)cc1[C@H](C(=O)NC1C3CC4CC(C3)CC1C4)NC2=O. The molecule has 38 nitrogen and oxygen atoms in total. The minimum Gasteiger partial charge on any atom is -0.508 e. The van der Waals surface area contributed by atoms with Crippen molar-refractivity contribution in [3.63, 3.8) is 0 Å². The second kappa shape index (κ2) is 41.2. The van der Waals surface area contributed by atoms with Gasteiger partial charge in [-0.1, -0.05) is 94.3 Å².